The van der Waals surface area contributed by atoms with Crippen LogP contribution in [0.2, 0.25) is 0 Å². The van der Waals surface area contributed by atoms with Gasteiger partial charge in [0.15, 0.2) is 0 Å². The van der Waals surface area contributed by atoms with Gasteiger partial charge < -0.3 is 4.74 Å². The standard InChI is InChI=1S/C8H11F5O5S.Na.H/c1-6(2,3)5(14)18-4(7(9,10)11)8(12,13)19(15,16)17;;/h4H,1-3H3,(H,15,16,17);;. The molecule has 12 heteroatoms. The van der Waals surface area contributed by atoms with Crippen LogP contribution in [0.5, 0.6) is 0 Å². The number of hydrogen-bond donors (Lipinski definition) is 1. The molecule has 0 aliphatic rings. The van der Waals surface area contributed by atoms with E-state index in [1.807, 2.05) is 0 Å². The Morgan fingerprint density at radius 2 is 1.45 bits per heavy atom. The summed E-state index contributed by atoms with van der Waals surface area (Å²) in [7, 11) is -6.41. The van der Waals surface area contributed by atoms with Gasteiger partial charge in [0.05, 0.1) is 5.41 Å². The van der Waals surface area contributed by atoms with Crippen LogP contribution in [0.25, 0.3) is 0 Å². The van der Waals surface area contributed by atoms with Crippen LogP contribution in [0.3, 0.4) is 0 Å². The van der Waals surface area contributed by atoms with Crippen molar-refractivity contribution in [3.8, 4) is 0 Å². The van der Waals surface area contributed by atoms with Crippen molar-refractivity contribution in [1.29, 1.82) is 0 Å². The Morgan fingerprint density at radius 1 is 1.10 bits per heavy atom. The molecule has 116 valence electrons. The Labute approximate surface area is 133 Å². The molecule has 0 heterocycles. The first-order valence-corrected chi connectivity index (χ1v) is 6.08. The Morgan fingerprint density at radius 3 is 1.65 bits per heavy atom. The van der Waals surface area contributed by atoms with Gasteiger partial charge in [-0.15, -0.1) is 0 Å². The molecule has 5 nitrogen and oxygen atoms in total. The molecule has 0 aromatic heterocycles. The molecule has 0 aliphatic heterocycles. The fraction of sp³-hybridized carbons (Fsp3) is 0.875. The zero-order chi connectivity index (χ0) is 15.9. The molecule has 0 radical (unpaired) electrons. The van der Waals surface area contributed by atoms with E-state index in [0.29, 0.717) is 0 Å². The van der Waals surface area contributed by atoms with Crippen molar-refractivity contribution >= 4 is 45.6 Å². The van der Waals surface area contributed by atoms with Crippen LogP contribution in [0, 0.1) is 5.41 Å². The first-order valence-electron chi connectivity index (χ1n) is 4.64. The minimum atomic E-state index is -6.41. The van der Waals surface area contributed by atoms with E-state index in [2.05, 4.69) is 4.74 Å². The summed E-state index contributed by atoms with van der Waals surface area (Å²) in [5, 5.41) is -5.70. The zero-order valence-corrected chi connectivity index (χ0v) is 10.8. The van der Waals surface area contributed by atoms with Gasteiger partial charge in [0.2, 0.25) is 0 Å². The van der Waals surface area contributed by atoms with Crippen LogP contribution < -0.4 is 0 Å². The Balaban J connectivity index is 0. The van der Waals surface area contributed by atoms with E-state index in [1.54, 1.807) is 0 Å². The van der Waals surface area contributed by atoms with Crippen molar-refractivity contribution < 1.29 is 44.5 Å². The summed E-state index contributed by atoms with van der Waals surface area (Å²) < 4.78 is 95.3. The first-order chi connectivity index (χ1) is 8.01. The molecule has 1 atom stereocenters. The summed E-state index contributed by atoms with van der Waals surface area (Å²) in [5.41, 5.74) is -1.57. The number of hydrogen-bond acceptors (Lipinski definition) is 4. The quantitative estimate of drug-likeness (QED) is 0.364. The molecule has 0 spiro atoms. The maximum atomic E-state index is 13.0. The van der Waals surface area contributed by atoms with Crippen LogP contribution in [0.15, 0.2) is 0 Å². The molecule has 0 aromatic rings. The number of ether oxygens (including phenoxy) is 1. The summed E-state index contributed by atoms with van der Waals surface area (Å²) in [5.74, 6) is -1.70. The van der Waals surface area contributed by atoms with Crippen LogP contribution in [0.1, 0.15) is 20.8 Å². The van der Waals surface area contributed by atoms with E-state index in [0.717, 1.165) is 20.8 Å². The third kappa shape index (κ3) is 5.43. The van der Waals surface area contributed by atoms with Crippen LogP contribution in [0.4, 0.5) is 22.0 Å². The molecule has 0 rings (SSSR count). The van der Waals surface area contributed by atoms with Gasteiger partial charge in [-0.1, -0.05) is 0 Å². The van der Waals surface area contributed by atoms with E-state index < -0.39 is 39.0 Å². The molecule has 0 fully saturated rings. The van der Waals surface area contributed by atoms with E-state index in [4.69, 9.17) is 4.55 Å². The average Bonchev–Trinajstić information content (AvgIpc) is 2.07. The molecule has 0 amide bonds. The second-order valence-corrected chi connectivity index (χ2v) is 6.11. The van der Waals surface area contributed by atoms with Crippen molar-refractivity contribution in [2.45, 2.75) is 38.3 Å². The molecular weight excluding hydrogens is 326 g/mol. The second-order valence-electron chi connectivity index (χ2n) is 4.61. The first kappa shape index (κ1) is 22.3. The van der Waals surface area contributed by atoms with Crippen molar-refractivity contribution in [2.75, 3.05) is 0 Å². The maximum absolute atomic E-state index is 13.0. The van der Waals surface area contributed by atoms with Crippen molar-refractivity contribution in [2.24, 2.45) is 5.41 Å². The normalized spacial score (nSPS) is 15.2. The fourth-order valence-corrected chi connectivity index (χ4v) is 1.20. The van der Waals surface area contributed by atoms with Crippen molar-refractivity contribution in [3.05, 3.63) is 0 Å². The summed E-state index contributed by atoms with van der Waals surface area (Å²) in [6.45, 7) is 3.23. The average molecular weight is 338 g/mol. The van der Waals surface area contributed by atoms with E-state index in [9.17, 15) is 35.2 Å². The molecule has 0 saturated heterocycles. The minimum absolute atomic E-state index is 0. The third-order valence-electron chi connectivity index (χ3n) is 1.78. The number of halogens is 5. The number of esters is 1. The molecule has 0 aromatic carbocycles. The van der Waals surface area contributed by atoms with Gasteiger partial charge in [0.1, 0.15) is 0 Å². The molecule has 0 aliphatic carbocycles. The Kier molecular flexibility index (Phi) is 7.17. The van der Waals surface area contributed by atoms with Gasteiger partial charge in [-0.25, -0.2) is 0 Å². The summed E-state index contributed by atoms with van der Waals surface area (Å²) in [4.78, 5) is 11.2. The van der Waals surface area contributed by atoms with E-state index in [1.165, 1.54) is 0 Å². The molecule has 1 N–H and O–H groups in total. The van der Waals surface area contributed by atoms with Crippen LogP contribution in [-0.4, -0.2) is 66.0 Å². The zero-order valence-electron chi connectivity index (χ0n) is 9.96. The number of carbonyl (C=O) groups is 1. The number of carbonyl (C=O) groups excluding carboxylic acids is 1. The SMILES string of the molecule is CC(C)(C)C(=O)OC(C(F)(F)F)C(F)(F)S(=O)(=O)O.[NaH]. The second kappa shape index (κ2) is 6.42. The summed E-state index contributed by atoms with van der Waals surface area (Å²) >= 11 is 0. The summed E-state index contributed by atoms with van der Waals surface area (Å²) in [6.07, 6.45) is -10.2. The predicted molar refractivity (Wildman–Crippen MR) is 59.0 cm³/mol. The predicted octanol–water partition coefficient (Wildman–Crippen LogP) is 1.34. The Hall–Kier alpha value is 0.0300. The van der Waals surface area contributed by atoms with Gasteiger partial charge in [-0.2, -0.15) is 30.4 Å². The van der Waals surface area contributed by atoms with Crippen LogP contribution in [-0.2, 0) is 19.6 Å². The molecular formula is C8H12F5NaO5S. The topological polar surface area (TPSA) is 80.7 Å². The van der Waals surface area contributed by atoms with Gasteiger partial charge in [-0.05, 0) is 20.8 Å². The van der Waals surface area contributed by atoms with E-state index in [-0.39, 0.29) is 29.6 Å². The monoisotopic (exact) mass is 338 g/mol. The Bertz CT molecular complexity index is 453. The molecule has 1 unspecified atom stereocenters. The molecule has 20 heavy (non-hydrogen) atoms. The fourth-order valence-electron chi connectivity index (χ4n) is 0.745. The summed E-state index contributed by atoms with van der Waals surface area (Å²) in [6, 6.07) is 0. The molecule has 0 saturated carbocycles. The van der Waals surface area contributed by atoms with Gasteiger partial charge in [0, 0.05) is 0 Å². The van der Waals surface area contributed by atoms with E-state index >= 15 is 0 Å². The van der Waals surface area contributed by atoms with Crippen molar-refractivity contribution in [3.63, 3.8) is 0 Å². The van der Waals surface area contributed by atoms with Crippen LogP contribution >= 0.6 is 0 Å². The van der Waals surface area contributed by atoms with Gasteiger partial charge in [0.25, 0.3) is 6.10 Å². The number of alkyl halides is 5. The van der Waals surface area contributed by atoms with Gasteiger partial charge >= 0.3 is 57.1 Å². The van der Waals surface area contributed by atoms with Crippen molar-refractivity contribution in [1.82, 2.24) is 0 Å². The van der Waals surface area contributed by atoms with Gasteiger partial charge in [-0.3, -0.25) is 9.35 Å². The molecule has 0 bridgehead atoms. The number of rotatable bonds is 3. The third-order valence-corrected chi connectivity index (χ3v) is 2.69.